The molecule has 5 heteroatoms. The number of hydrogen-bond acceptors (Lipinski definition) is 3. The Morgan fingerprint density at radius 1 is 1.08 bits per heavy atom. The van der Waals surface area contributed by atoms with Crippen LogP contribution in [0, 0.1) is 11.3 Å². The van der Waals surface area contributed by atoms with Gasteiger partial charge < -0.3 is 9.52 Å². The number of nitrogens with zero attached hydrogens (tertiary/aromatic N) is 1. The first-order chi connectivity index (χ1) is 12.1. The lowest BCUT2D eigenvalue weighted by atomic mass is 10.1. The second-order valence-corrected chi connectivity index (χ2v) is 5.70. The highest BCUT2D eigenvalue weighted by Crippen LogP contribution is 2.26. The molecular formula is C20H12ClNO3. The quantitative estimate of drug-likeness (QED) is 0.643. The van der Waals surface area contributed by atoms with Gasteiger partial charge >= 0.3 is 5.97 Å². The molecule has 0 amide bonds. The molecule has 0 unspecified atom stereocenters. The molecular weight excluding hydrogens is 338 g/mol. The zero-order valence-electron chi connectivity index (χ0n) is 12.9. The van der Waals surface area contributed by atoms with E-state index in [4.69, 9.17) is 21.1 Å². The molecule has 122 valence electrons. The maximum Gasteiger partial charge on any atom is 0.335 e. The molecule has 2 aromatic carbocycles. The fourth-order valence-corrected chi connectivity index (χ4v) is 2.53. The van der Waals surface area contributed by atoms with Crippen molar-refractivity contribution in [2.45, 2.75) is 0 Å². The summed E-state index contributed by atoms with van der Waals surface area (Å²) < 4.78 is 5.75. The van der Waals surface area contributed by atoms with Crippen molar-refractivity contribution >= 4 is 29.2 Å². The zero-order chi connectivity index (χ0) is 17.8. The number of rotatable bonds is 4. The predicted octanol–water partition coefficient (Wildman–Crippen LogP) is 5.36. The highest BCUT2D eigenvalue weighted by atomic mass is 35.5. The maximum atomic E-state index is 10.9. The van der Waals surface area contributed by atoms with Gasteiger partial charge in [0.15, 0.2) is 0 Å². The maximum absolute atomic E-state index is 10.9. The van der Waals surface area contributed by atoms with Crippen molar-refractivity contribution in [3.05, 3.63) is 82.6 Å². The van der Waals surface area contributed by atoms with Crippen LogP contribution in [-0.4, -0.2) is 11.1 Å². The van der Waals surface area contributed by atoms with Crippen LogP contribution >= 0.6 is 11.6 Å². The van der Waals surface area contributed by atoms with Gasteiger partial charge in [-0.15, -0.1) is 0 Å². The molecule has 0 aliphatic rings. The minimum atomic E-state index is -0.977. The molecule has 25 heavy (non-hydrogen) atoms. The summed E-state index contributed by atoms with van der Waals surface area (Å²) in [4.78, 5) is 10.9. The van der Waals surface area contributed by atoms with Gasteiger partial charge in [0, 0.05) is 10.6 Å². The third-order valence-corrected chi connectivity index (χ3v) is 3.82. The van der Waals surface area contributed by atoms with Crippen molar-refractivity contribution in [1.82, 2.24) is 0 Å². The minimum Gasteiger partial charge on any atom is -0.478 e. The van der Waals surface area contributed by atoms with E-state index < -0.39 is 5.97 Å². The number of allylic oxidation sites excluding steroid dienone is 1. The molecule has 0 aliphatic carbocycles. The van der Waals surface area contributed by atoms with E-state index in [1.165, 1.54) is 12.1 Å². The fourth-order valence-electron chi connectivity index (χ4n) is 2.34. The largest absolute Gasteiger partial charge is 0.478 e. The summed E-state index contributed by atoms with van der Waals surface area (Å²) in [5, 5.41) is 18.9. The van der Waals surface area contributed by atoms with Crippen molar-refractivity contribution in [3.8, 4) is 17.4 Å². The summed E-state index contributed by atoms with van der Waals surface area (Å²) in [7, 11) is 0. The topological polar surface area (TPSA) is 74.2 Å². The number of carbonyl (C=O) groups is 1. The van der Waals surface area contributed by atoms with Crippen LogP contribution in [0.5, 0.6) is 0 Å². The van der Waals surface area contributed by atoms with E-state index in [0.29, 0.717) is 27.7 Å². The normalized spacial score (nSPS) is 11.1. The first-order valence-corrected chi connectivity index (χ1v) is 7.76. The van der Waals surface area contributed by atoms with E-state index in [1.54, 1.807) is 54.6 Å². The summed E-state index contributed by atoms with van der Waals surface area (Å²) in [6.07, 6.45) is 1.64. The van der Waals surface area contributed by atoms with Gasteiger partial charge in [-0.1, -0.05) is 35.9 Å². The highest BCUT2D eigenvalue weighted by molar-refractivity contribution is 6.30. The Hall–Kier alpha value is -3.29. The van der Waals surface area contributed by atoms with Crippen molar-refractivity contribution in [1.29, 1.82) is 5.26 Å². The summed E-state index contributed by atoms with van der Waals surface area (Å²) in [6.45, 7) is 0. The Labute approximate surface area is 149 Å². The van der Waals surface area contributed by atoms with Crippen molar-refractivity contribution in [3.63, 3.8) is 0 Å². The molecule has 0 atom stereocenters. The highest BCUT2D eigenvalue weighted by Gasteiger charge is 2.08. The lowest BCUT2D eigenvalue weighted by molar-refractivity contribution is 0.0697. The third kappa shape index (κ3) is 3.79. The number of benzene rings is 2. The van der Waals surface area contributed by atoms with Gasteiger partial charge in [-0.25, -0.2) is 4.79 Å². The molecule has 0 aliphatic heterocycles. The van der Waals surface area contributed by atoms with Crippen LogP contribution in [0.15, 0.2) is 65.1 Å². The lowest BCUT2D eigenvalue weighted by Gasteiger charge is -2.00. The minimum absolute atomic E-state index is 0.211. The average molecular weight is 350 g/mol. The van der Waals surface area contributed by atoms with Crippen molar-refractivity contribution < 1.29 is 14.3 Å². The molecule has 3 aromatic rings. The van der Waals surface area contributed by atoms with E-state index >= 15 is 0 Å². The van der Waals surface area contributed by atoms with Crippen LogP contribution in [0.1, 0.15) is 21.7 Å². The number of carboxylic acid groups (broad SMARTS) is 1. The van der Waals surface area contributed by atoms with E-state index in [2.05, 4.69) is 6.07 Å². The van der Waals surface area contributed by atoms with Crippen LogP contribution in [0.4, 0.5) is 0 Å². The standard InChI is InChI=1S/C20H12ClNO3/c21-17-3-1-2-15(10-17)16(12-22)11-18-8-9-19(25-18)13-4-6-14(7-5-13)20(23)24/h1-11H,(H,23,24)/b16-11-. The first kappa shape index (κ1) is 16.6. The second-order valence-electron chi connectivity index (χ2n) is 5.26. The van der Waals surface area contributed by atoms with Crippen LogP contribution < -0.4 is 0 Å². The molecule has 3 rings (SSSR count). The molecule has 0 spiro atoms. The molecule has 0 bridgehead atoms. The van der Waals surface area contributed by atoms with Gasteiger partial charge in [0.2, 0.25) is 0 Å². The van der Waals surface area contributed by atoms with Gasteiger partial charge in [-0.2, -0.15) is 5.26 Å². The van der Waals surface area contributed by atoms with Gasteiger partial charge in [0.05, 0.1) is 17.2 Å². The predicted molar refractivity (Wildman–Crippen MR) is 96.0 cm³/mol. The molecule has 4 nitrogen and oxygen atoms in total. The fraction of sp³-hybridized carbons (Fsp3) is 0. The molecule has 1 aromatic heterocycles. The van der Waals surface area contributed by atoms with Crippen LogP contribution in [0.25, 0.3) is 23.0 Å². The number of halogens is 1. The van der Waals surface area contributed by atoms with Crippen LogP contribution in [0.3, 0.4) is 0 Å². The Morgan fingerprint density at radius 3 is 2.48 bits per heavy atom. The van der Waals surface area contributed by atoms with E-state index in [-0.39, 0.29) is 5.56 Å². The smallest absolute Gasteiger partial charge is 0.335 e. The summed E-state index contributed by atoms with van der Waals surface area (Å²) in [6, 6.07) is 19.1. The number of carboxylic acids is 1. The van der Waals surface area contributed by atoms with E-state index in [0.717, 1.165) is 5.56 Å². The average Bonchev–Trinajstić information content (AvgIpc) is 3.08. The molecule has 0 saturated carbocycles. The number of hydrogen-bond donors (Lipinski definition) is 1. The van der Waals surface area contributed by atoms with E-state index in [1.807, 2.05) is 0 Å². The third-order valence-electron chi connectivity index (χ3n) is 3.59. The SMILES string of the molecule is N#C/C(=C/c1ccc(-c2ccc(C(=O)O)cc2)o1)c1cccc(Cl)c1. The van der Waals surface area contributed by atoms with Gasteiger partial charge in [-0.05, 0) is 48.0 Å². The molecule has 0 saturated heterocycles. The van der Waals surface area contributed by atoms with Crippen LogP contribution in [-0.2, 0) is 0 Å². The Morgan fingerprint density at radius 2 is 1.84 bits per heavy atom. The number of nitriles is 1. The molecule has 1 N–H and O–H groups in total. The van der Waals surface area contributed by atoms with Gasteiger partial charge in [0.25, 0.3) is 0 Å². The summed E-state index contributed by atoms with van der Waals surface area (Å²) in [5.41, 5.74) is 2.11. The monoisotopic (exact) mass is 349 g/mol. The Kier molecular flexibility index (Phi) is 4.69. The van der Waals surface area contributed by atoms with Crippen LogP contribution in [0.2, 0.25) is 5.02 Å². The van der Waals surface area contributed by atoms with E-state index in [9.17, 15) is 10.1 Å². The number of aromatic carboxylic acids is 1. The van der Waals surface area contributed by atoms with Gasteiger partial charge in [-0.3, -0.25) is 0 Å². The second kappa shape index (κ2) is 7.08. The first-order valence-electron chi connectivity index (χ1n) is 7.38. The molecule has 1 heterocycles. The Balaban J connectivity index is 1.90. The summed E-state index contributed by atoms with van der Waals surface area (Å²) in [5.74, 6) is 0.134. The summed E-state index contributed by atoms with van der Waals surface area (Å²) >= 11 is 5.97. The lowest BCUT2D eigenvalue weighted by Crippen LogP contribution is -1.94. The van der Waals surface area contributed by atoms with Gasteiger partial charge in [0.1, 0.15) is 11.5 Å². The van der Waals surface area contributed by atoms with Crippen molar-refractivity contribution in [2.24, 2.45) is 0 Å². The molecule has 0 fully saturated rings. The zero-order valence-corrected chi connectivity index (χ0v) is 13.7. The molecule has 0 radical (unpaired) electrons. The number of furan rings is 1. The Bertz CT molecular complexity index is 994. The van der Waals surface area contributed by atoms with Crippen molar-refractivity contribution in [2.75, 3.05) is 0 Å².